The van der Waals surface area contributed by atoms with Crippen LogP contribution in [0.1, 0.15) is 148 Å². The number of rotatable bonds is 66. The zero-order chi connectivity index (χ0) is 98.9. The van der Waals surface area contributed by atoms with Gasteiger partial charge in [0.2, 0.25) is 53.2 Å². The molecule has 47 nitrogen and oxygen atoms in total. The zero-order valence-corrected chi connectivity index (χ0v) is 76.3. The number of carboxylic acid groups (broad SMARTS) is 8. The number of carbonyl (C=O) groups excluding carboxylic acids is 11. The van der Waals surface area contributed by atoms with Crippen LogP contribution in [-0.4, -0.2) is 380 Å². The monoisotopic (exact) mass is 1900 g/mol. The van der Waals surface area contributed by atoms with Crippen molar-refractivity contribution in [1.82, 2.24) is 78.1 Å². The van der Waals surface area contributed by atoms with Crippen molar-refractivity contribution in [2.45, 2.75) is 192 Å². The van der Waals surface area contributed by atoms with E-state index in [0.29, 0.717) is 38.5 Å². The Morgan fingerprint density at radius 1 is 0.373 bits per heavy atom. The number of nitrogens with zero attached hydrogens (tertiary/aromatic N) is 4. The molecule has 47 heteroatoms. The maximum Gasteiger partial charge on any atom is 0.328 e. The van der Waals surface area contributed by atoms with Crippen LogP contribution in [0.25, 0.3) is 10.8 Å². The molecule has 1 heterocycles. The average molecular weight is 1900 g/mol. The summed E-state index contributed by atoms with van der Waals surface area (Å²) in [6.45, 7) is 5.25. The van der Waals surface area contributed by atoms with Gasteiger partial charge in [0.1, 0.15) is 49.5 Å². The minimum atomic E-state index is -1.60. The van der Waals surface area contributed by atoms with Gasteiger partial charge in [-0.1, -0.05) is 56.3 Å². The fourth-order valence-electron chi connectivity index (χ4n) is 14.4. The van der Waals surface area contributed by atoms with Gasteiger partial charge in [0, 0.05) is 123 Å². The van der Waals surface area contributed by atoms with E-state index in [4.69, 9.17) is 33.9 Å². The van der Waals surface area contributed by atoms with Gasteiger partial charge in [0.05, 0.1) is 78.3 Å². The van der Waals surface area contributed by atoms with E-state index in [0.717, 1.165) is 16.3 Å². The van der Waals surface area contributed by atoms with Gasteiger partial charge in [-0.25, -0.2) is 24.0 Å². The Kier molecular flexibility index (Phi) is 55.4. The van der Waals surface area contributed by atoms with Gasteiger partial charge >= 0.3 is 59.8 Å². The molecule has 2 aromatic rings. The Hall–Kier alpha value is -11.9. The second kappa shape index (κ2) is 64.9. The van der Waals surface area contributed by atoms with E-state index >= 15 is 0 Å². The van der Waals surface area contributed by atoms with Crippen LogP contribution in [0.4, 0.5) is 4.79 Å². The molecule has 0 bridgehead atoms. The van der Waals surface area contributed by atoms with E-state index in [-0.39, 0.29) is 239 Å². The van der Waals surface area contributed by atoms with Gasteiger partial charge in [-0.05, 0) is 125 Å². The Balaban J connectivity index is 1.28. The van der Waals surface area contributed by atoms with Crippen LogP contribution in [0.2, 0.25) is 0 Å². The third-order valence-corrected chi connectivity index (χ3v) is 21.6. The van der Waals surface area contributed by atoms with Crippen molar-refractivity contribution in [2.75, 3.05) is 164 Å². The largest absolute Gasteiger partial charge is 0.481 e. The molecule has 11 amide bonds. The van der Waals surface area contributed by atoms with Crippen molar-refractivity contribution < 1.29 is 156 Å². The first kappa shape index (κ1) is 114. The standard InChI is InChI=1S/C87H135N15O32/c1-56(2)46-68(95-74(108)55-133-45-43-131-41-31-90-70(104)24-21-65(84(124)125)94-71(105)25-27-76(111)112)86(128)134-57(3)14-23-69(103)89-30-40-130-42-44-132-54-73(107)93-63(12-6-8-28-88-72(106)50-99-32-34-100(51-77(113)114)36-38-102(53-79(117)118)39-37-101(35-33-99)52-78(115)116)81(120)92-49-58-15-19-61(20-16-58)80(119)96-67(48-59-17-18-60-10-4-5-11-62(60)47-59)82(121)91-29-9-7-13-64(83(122)123)97-87(129)98-66(85(126)127)22-26-75(109)110/h4-5,10-11,17-18,47,56-58,61,63-68H,6-9,12-16,19-46,48-55H2,1-3H3,(H,88,106)(H,89,103)(H,90,104)(H,91,121)(H,92,120)(H,93,107)(H,94,105)(H,95,108)(H,96,119)(H,109,110)(H,111,112)(H,113,114)(H,115,116)(H,117,118)(H,122,123)(H,124,125)(H,126,127)(H2,97,98,129)/t57-,58?,61?,63-,64-,65-,66-,67-,68-/m0/s1. The summed E-state index contributed by atoms with van der Waals surface area (Å²) in [5, 5.41) is 106. The van der Waals surface area contributed by atoms with E-state index in [2.05, 4.69) is 58.5 Å². The second-order valence-electron chi connectivity index (χ2n) is 33.2. The predicted molar refractivity (Wildman–Crippen MR) is 475 cm³/mol. The van der Waals surface area contributed by atoms with Crippen LogP contribution < -0.4 is 58.5 Å². The van der Waals surface area contributed by atoms with Crippen LogP contribution in [0.15, 0.2) is 42.5 Å². The first-order valence-electron chi connectivity index (χ1n) is 45.1. The van der Waals surface area contributed by atoms with Crippen molar-refractivity contribution in [3.63, 3.8) is 0 Å². The lowest BCUT2D eigenvalue weighted by molar-refractivity contribution is -0.154. The smallest absolute Gasteiger partial charge is 0.328 e. The van der Waals surface area contributed by atoms with E-state index in [9.17, 15) is 122 Å². The zero-order valence-electron chi connectivity index (χ0n) is 76.3. The first-order valence-corrected chi connectivity index (χ1v) is 45.1. The number of carboxylic acids is 8. The number of urea groups is 1. The summed E-state index contributed by atoms with van der Waals surface area (Å²) in [6.07, 6.45) is 0.0789. The summed E-state index contributed by atoms with van der Waals surface area (Å²) in [6, 6.07) is 4.48. The molecule has 2 aromatic carbocycles. The molecule has 134 heavy (non-hydrogen) atoms. The number of esters is 1. The quantitative estimate of drug-likeness (QED) is 0.0255. The molecule has 7 atom stereocenters. The Bertz CT molecular complexity index is 4110. The van der Waals surface area contributed by atoms with Crippen LogP contribution >= 0.6 is 0 Å². The summed E-state index contributed by atoms with van der Waals surface area (Å²) in [4.78, 5) is 244. The number of hydrogen-bond donors (Lipinski definition) is 19. The minimum absolute atomic E-state index is 0.00133. The second-order valence-corrected chi connectivity index (χ2v) is 33.2. The van der Waals surface area contributed by atoms with Crippen molar-refractivity contribution in [3.05, 3.63) is 48.0 Å². The van der Waals surface area contributed by atoms with Crippen molar-refractivity contribution in [3.8, 4) is 0 Å². The minimum Gasteiger partial charge on any atom is -0.481 e. The molecule has 4 rings (SSSR count). The molecule has 1 aliphatic carbocycles. The lowest BCUT2D eigenvalue weighted by Crippen LogP contribution is -2.51. The summed E-state index contributed by atoms with van der Waals surface area (Å²) in [7, 11) is 0. The third-order valence-electron chi connectivity index (χ3n) is 21.6. The number of aliphatic carboxylic acids is 8. The van der Waals surface area contributed by atoms with Crippen LogP contribution in [0.3, 0.4) is 0 Å². The molecule has 750 valence electrons. The van der Waals surface area contributed by atoms with Gasteiger partial charge in [-0.2, -0.15) is 0 Å². The van der Waals surface area contributed by atoms with E-state index in [1.807, 2.05) is 56.3 Å². The molecule has 1 saturated carbocycles. The SMILES string of the molecule is CC(C)C[C@H](NC(=O)COCCOCCNC(=O)CC[C@H](NC(=O)CCC(=O)O)C(=O)O)C(=O)O[C@@H](C)CCC(=O)NCCOCCOCC(=O)N[C@@H](CCCCNC(=O)CN1CCN(CC(=O)O)CCN(CC(=O)O)CCN(CC(=O)O)CC1)C(=O)NCC1CCC(C(=O)N[C@@H](Cc2ccc3ccccc3c2)C(=O)NCCCC[C@H](NC(=O)N[C@@H](CCC(=O)O)C(=O)O)C(=O)O)CC1. The summed E-state index contributed by atoms with van der Waals surface area (Å²) in [5.74, 6) is -16.3. The number of fused-ring (bicyclic) bond motifs is 1. The number of ether oxygens (including phenoxy) is 5. The number of unbranched alkanes of at least 4 members (excludes halogenated alkanes) is 2. The Labute approximate surface area is 775 Å². The molecule has 1 aliphatic heterocycles. The highest BCUT2D eigenvalue weighted by atomic mass is 16.5. The molecule has 0 radical (unpaired) electrons. The number of carbonyl (C=O) groups is 19. The molecular formula is C87H135N15O32. The topological polar surface area (TPSA) is 678 Å². The van der Waals surface area contributed by atoms with Crippen molar-refractivity contribution in [2.24, 2.45) is 17.8 Å². The molecule has 0 spiro atoms. The predicted octanol–water partition coefficient (Wildman–Crippen LogP) is -1.85. The highest BCUT2D eigenvalue weighted by Gasteiger charge is 2.34. The number of amides is 11. The Morgan fingerprint density at radius 2 is 0.813 bits per heavy atom. The maximum atomic E-state index is 14.2. The molecule has 19 N–H and O–H groups in total. The molecule has 0 unspecified atom stereocenters. The van der Waals surface area contributed by atoms with Crippen LogP contribution in [0, 0.1) is 17.8 Å². The number of hydrogen-bond acceptors (Lipinski definition) is 28. The number of benzene rings is 2. The molecule has 1 saturated heterocycles. The molecule has 0 aromatic heterocycles. The molecular weight excluding hydrogens is 1770 g/mol. The first-order chi connectivity index (χ1) is 63.8. The van der Waals surface area contributed by atoms with Crippen molar-refractivity contribution in [1.29, 1.82) is 0 Å². The normalized spacial score (nSPS) is 16.3. The summed E-state index contributed by atoms with van der Waals surface area (Å²) in [5.41, 5.74) is 0.747. The molecule has 2 aliphatic rings. The van der Waals surface area contributed by atoms with E-state index < -0.39 is 188 Å². The molecule has 2 fully saturated rings. The highest BCUT2D eigenvalue weighted by molar-refractivity contribution is 5.92. The van der Waals surface area contributed by atoms with E-state index in [1.54, 1.807) is 26.5 Å². The maximum absolute atomic E-state index is 14.2. The lowest BCUT2D eigenvalue weighted by atomic mass is 9.81. The van der Waals surface area contributed by atoms with Gasteiger partial charge in [-0.3, -0.25) is 86.7 Å². The fourth-order valence-corrected chi connectivity index (χ4v) is 14.4. The average Bonchev–Trinajstić information content (AvgIpc) is 0.828. The van der Waals surface area contributed by atoms with Gasteiger partial charge in [0.25, 0.3) is 0 Å². The third kappa shape index (κ3) is 52.0. The lowest BCUT2D eigenvalue weighted by Gasteiger charge is -2.32. The van der Waals surface area contributed by atoms with Gasteiger partial charge in [0.15, 0.2) is 0 Å². The van der Waals surface area contributed by atoms with E-state index in [1.165, 1.54) is 0 Å². The van der Waals surface area contributed by atoms with Crippen LogP contribution in [-0.2, 0) is 116 Å². The van der Waals surface area contributed by atoms with Crippen molar-refractivity contribution >= 4 is 124 Å². The van der Waals surface area contributed by atoms with Gasteiger partial charge < -0.3 is 123 Å². The Morgan fingerprint density at radius 3 is 1.32 bits per heavy atom. The highest BCUT2D eigenvalue weighted by Crippen LogP contribution is 2.29. The fraction of sp³-hybridized carbons (Fsp3) is 0.667. The van der Waals surface area contributed by atoms with Crippen LogP contribution in [0.5, 0.6) is 0 Å². The summed E-state index contributed by atoms with van der Waals surface area (Å²) >= 11 is 0. The number of nitrogens with one attached hydrogen (secondary N) is 11. The van der Waals surface area contributed by atoms with Gasteiger partial charge in [-0.15, -0.1) is 0 Å². The summed E-state index contributed by atoms with van der Waals surface area (Å²) < 4.78 is 27.6.